The van der Waals surface area contributed by atoms with Gasteiger partial charge in [0, 0.05) is 65.6 Å². The molecule has 3 aromatic rings. The van der Waals surface area contributed by atoms with Crippen molar-refractivity contribution in [3.05, 3.63) is 82.8 Å². The molecule has 0 spiro atoms. The van der Waals surface area contributed by atoms with Crippen molar-refractivity contribution in [2.45, 2.75) is 19.4 Å². The fraction of sp³-hybridized carbons (Fsp3) is 0.269. The molecule has 0 bridgehead atoms. The standard InChI is InChI=1S/C26H30N6O2/c1-18(12-20-6-4-3-5-7-20)31-26(33)25-29-15-21(16-30-25)24-17-28-19(2)23(24)13-22(14-27)32-8-10-34-11-9-32/h3-7,13-18,28H,2,8-12,27H2,1H3,(H,31,33)/b22-14+,23-13+/t18-/m0/s1. The lowest BCUT2D eigenvalue weighted by molar-refractivity contribution is 0.0561. The predicted octanol–water partition coefficient (Wildman–Crippen LogP) is 1.16. The first-order valence-electron chi connectivity index (χ1n) is 11.3. The lowest BCUT2D eigenvalue weighted by Crippen LogP contribution is -2.36. The summed E-state index contributed by atoms with van der Waals surface area (Å²) >= 11 is 0. The molecule has 2 aromatic heterocycles. The summed E-state index contributed by atoms with van der Waals surface area (Å²) in [5.74, 6) is -0.162. The molecule has 1 saturated heterocycles. The van der Waals surface area contributed by atoms with Gasteiger partial charge in [-0.25, -0.2) is 9.97 Å². The van der Waals surface area contributed by atoms with E-state index < -0.39 is 0 Å². The van der Waals surface area contributed by atoms with E-state index in [0.29, 0.717) is 13.2 Å². The highest BCUT2D eigenvalue weighted by Gasteiger charge is 2.15. The first-order chi connectivity index (χ1) is 16.5. The minimum atomic E-state index is -0.297. The molecule has 0 saturated carbocycles. The molecule has 1 fully saturated rings. The number of carbonyl (C=O) groups excluding carboxylic acids is 1. The second-order valence-corrected chi connectivity index (χ2v) is 8.29. The van der Waals surface area contributed by atoms with Crippen LogP contribution in [0.4, 0.5) is 0 Å². The second kappa shape index (κ2) is 10.8. The van der Waals surface area contributed by atoms with Crippen molar-refractivity contribution in [3.8, 4) is 11.1 Å². The minimum absolute atomic E-state index is 0.0422. The van der Waals surface area contributed by atoms with Gasteiger partial charge >= 0.3 is 0 Å². The van der Waals surface area contributed by atoms with Crippen molar-refractivity contribution in [1.29, 1.82) is 0 Å². The Balaban J connectivity index is 1.50. The van der Waals surface area contributed by atoms with E-state index in [-0.39, 0.29) is 17.8 Å². The minimum Gasteiger partial charge on any atom is -0.403 e. The molecule has 4 N–H and O–H groups in total. The monoisotopic (exact) mass is 458 g/mol. The number of carbonyl (C=O) groups is 1. The van der Waals surface area contributed by atoms with Crippen LogP contribution in [0.25, 0.3) is 23.8 Å². The van der Waals surface area contributed by atoms with E-state index in [2.05, 4.69) is 31.7 Å². The maximum Gasteiger partial charge on any atom is 0.289 e. The van der Waals surface area contributed by atoms with Gasteiger partial charge in [0.15, 0.2) is 0 Å². The Morgan fingerprint density at radius 3 is 2.65 bits per heavy atom. The van der Waals surface area contributed by atoms with Crippen LogP contribution in [0.3, 0.4) is 0 Å². The van der Waals surface area contributed by atoms with E-state index in [1.165, 1.54) is 0 Å². The normalized spacial score (nSPS) is 15.9. The van der Waals surface area contributed by atoms with Crippen LogP contribution in [-0.4, -0.2) is 58.1 Å². The van der Waals surface area contributed by atoms with Gasteiger partial charge in [-0.1, -0.05) is 36.9 Å². The number of nitrogens with two attached hydrogens (primary N) is 1. The number of amides is 1. The Bertz CT molecular complexity index is 1240. The molecule has 1 aliphatic heterocycles. The third-order valence-electron chi connectivity index (χ3n) is 5.77. The van der Waals surface area contributed by atoms with E-state index in [0.717, 1.165) is 52.5 Å². The lowest BCUT2D eigenvalue weighted by atomic mass is 10.1. The maximum absolute atomic E-state index is 12.6. The third-order valence-corrected chi connectivity index (χ3v) is 5.77. The number of hydrogen-bond acceptors (Lipinski definition) is 6. The Hall–Kier alpha value is -3.91. The van der Waals surface area contributed by atoms with E-state index in [4.69, 9.17) is 10.5 Å². The van der Waals surface area contributed by atoms with Crippen molar-refractivity contribution in [2.75, 3.05) is 26.3 Å². The Morgan fingerprint density at radius 2 is 1.97 bits per heavy atom. The molecule has 0 unspecified atom stereocenters. The number of benzene rings is 1. The highest BCUT2D eigenvalue weighted by atomic mass is 16.5. The van der Waals surface area contributed by atoms with Gasteiger partial charge in [-0.15, -0.1) is 0 Å². The summed E-state index contributed by atoms with van der Waals surface area (Å²) < 4.78 is 5.44. The highest BCUT2D eigenvalue weighted by molar-refractivity contribution is 5.90. The molecule has 8 heteroatoms. The lowest BCUT2D eigenvalue weighted by Gasteiger charge is -2.29. The number of rotatable bonds is 7. The number of morpholine rings is 1. The summed E-state index contributed by atoms with van der Waals surface area (Å²) in [6, 6.07) is 10.00. The molecule has 4 rings (SSSR count). The van der Waals surface area contributed by atoms with Crippen LogP contribution in [0.1, 0.15) is 23.1 Å². The highest BCUT2D eigenvalue weighted by Crippen LogP contribution is 2.14. The number of aromatic amines is 1. The zero-order chi connectivity index (χ0) is 23.9. The van der Waals surface area contributed by atoms with Crippen molar-refractivity contribution in [1.82, 2.24) is 25.2 Å². The quantitative estimate of drug-likeness (QED) is 0.490. The summed E-state index contributed by atoms with van der Waals surface area (Å²) in [7, 11) is 0. The Morgan fingerprint density at radius 1 is 1.26 bits per heavy atom. The van der Waals surface area contributed by atoms with Gasteiger partial charge in [-0.2, -0.15) is 0 Å². The van der Waals surface area contributed by atoms with Crippen LogP contribution in [0.5, 0.6) is 0 Å². The zero-order valence-electron chi connectivity index (χ0n) is 19.3. The maximum atomic E-state index is 12.6. The summed E-state index contributed by atoms with van der Waals surface area (Å²) in [6.07, 6.45) is 9.52. The molecule has 1 aromatic carbocycles. The van der Waals surface area contributed by atoms with Gasteiger partial charge in [-0.05, 0) is 25.0 Å². The molecule has 0 aliphatic carbocycles. The topological polar surface area (TPSA) is 109 Å². The molecule has 176 valence electrons. The molecular weight excluding hydrogens is 428 g/mol. The van der Waals surface area contributed by atoms with Gasteiger partial charge in [0.2, 0.25) is 5.82 Å². The smallest absolute Gasteiger partial charge is 0.289 e. The van der Waals surface area contributed by atoms with Crippen LogP contribution in [0.15, 0.2) is 60.8 Å². The number of aromatic nitrogens is 3. The SMILES string of the molecule is C=c1[nH]cc(-c2cnc(C(=O)N[C@@H](C)Cc3ccccc3)nc2)/c1=C/C(=C\N)N1CCOCC1. The van der Waals surface area contributed by atoms with E-state index in [9.17, 15) is 4.79 Å². The molecule has 1 amide bonds. The molecule has 0 radical (unpaired) electrons. The molecule has 3 heterocycles. The molecule has 1 atom stereocenters. The first-order valence-corrected chi connectivity index (χ1v) is 11.3. The Labute approximate surface area is 198 Å². The van der Waals surface area contributed by atoms with E-state index in [1.54, 1.807) is 18.6 Å². The van der Waals surface area contributed by atoms with Crippen molar-refractivity contribution < 1.29 is 9.53 Å². The van der Waals surface area contributed by atoms with Gasteiger partial charge < -0.3 is 25.7 Å². The van der Waals surface area contributed by atoms with Gasteiger partial charge in [-0.3, -0.25) is 4.79 Å². The van der Waals surface area contributed by atoms with Crippen molar-refractivity contribution >= 4 is 18.6 Å². The largest absolute Gasteiger partial charge is 0.403 e. The average molecular weight is 459 g/mol. The third kappa shape index (κ3) is 5.52. The fourth-order valence-corrected chi connectivity index (χ4v) is 3.99. The Kier molecular flexibility index (Phi) is 7.39. The van der Waals surface area contributed by atoms with Gasteiger partial charge in [0.05, 0.1) is 18.9 Å². The summed E-state index contributed by atoms with van der Waals surface area (Å²) in [6.45, 7) is 8.97. The van der Waals surface area contributed by atoms with Crippen LogP contribution >= 0.6 is 0 Å². The van der Waals surface area contributed by atoms with Gasteiger partial charge in [0.25, 0.3) is 5.91 Å². The van der Waals surface area contributed by atoms with Crippen molar-refractivity contribution in [2.24, 2.45) is 5.73 Å². The van der Waals surface area contributed by atoms with Gasteiger partial charge in [0.1, 0.15) is 0 Å². The van der Waals surface area contributed by atoms with Crippen LogP contribution in [-0.2, 0) is 11.2 Å². The summed E-state index contributed by atoms with van der Waals surface area (Å²) in [4.78, 5) is 26.6. The predicted molar refractivity (Wildman–Crippen MR) is 133 cm³/mol. The summed E-state index contributed by atoms with van der Waals surface area (Å²) in [5, 5.41) is 4.63. The number of nitrogens with one attached hydrogen (secondary N) is 2. The van der Waals surface area contributed by atoms with E-state index in [1.807, 2.05) is 49.5 Å². The van der Waals surface area contributed by atoms with E-state index >= 15 is 0 Å². The first kappa shape index (κ1) is 23.3. The molecule has 1 aliphatic rings. The summed E-state index contributed by atoms with van der Waals surface area (Å²) in [5.41, 5.74) is 9.66. The molecular formula is C26H30N6O2. The zero-order valence-corrected chi connectivity index (χ0v) is 19.3. The van der Waals surface area contributed by atoms with Crippen LogP contribution < -0.4 is 21.6 Å². The van der Waals surface area contributed by atoms with Crippen molar-refractivity contribution in [3.63, 3.8) is 0 Å². The molecule has 8 nitrogen and oxygen atoms in total. The van der Waals surface area contributed by atoms with Crippen LogP contribution in [0.2, 0.25) is 0 Å². The number of ether oxygens (including phenoxy) is 1. The number of hydrogen-bond donors (Lipinski definition) is 3. The van der Waals surface area contributed by atoms with Crippen LogP contribution in [0, 0.1) is 0 Å². The average Bonchev–Trinajstić information content (AvgIpc) is 3.23. The second-order valence-electron chi connectivity index (χ2n) is 8.29. The number of nitrogens with zero attached hydrogens (tertiary/aromatic N) is 3. The number of H-pyrrole nitrogens is 1. The molecule has 34 heavy (non-hydrogen) atoms. The fourth-order valence-electron chi connectivity index (χ4n) is 3.99. The number of allylic oxidation sites excluding steroid dienone is 1.